The molecule has 2 rings (SSSR count). The van der Waals surface area contributed by atoms with Crippen molar-refractivity contribution in [2.45, 2.75) is 6.36 Å². The second-order valence-electron chi connectivity index (χ2n) is 3.67. The van der Waals surface area contributed by atoms with Gasteiger partial charge >= 0.3 is 12.4 Å². The largest absolute Gasteiger partial charge is 0.573 e. The summed E-state index contributed by atoms with van der Waals surface area (Å²) in [4.78, 5) is 11.2. The van der Waals surface area contributed by atoms with E-state index < -0.39 is 12.1 Å². The lowest BCUT2D eigenvalue weighted by Crippen LogP contribution is -2.18. The molecule has 112 valence electrons. The maximum Gasteiger partial charge on any atom is 0.573 e. The number of hydrogen-bond acceptors (Lipinski definition) is 7. The molecule has 10 heteroatoms. The van der Waals surface area contributed by atoms with Crippen LogP contribution in [0.25, 0.3) is 0 Å². The van der Waals surface area contributed by atoms with Crippen molar-refractivity contribution >= 4 is 17.6 Å². The molecule has 1 aromatic heterocycles. The van der Waals surface area contributed by atoms with E-state index in [1.165, 1.54) is 25.3 Å². The van der Waals surface area contributed by atoms with Crippen LogP contribution in [0, 0.1) is 0 Å². The average molecular weight is 301 g/mol. The van der Waals surface area contributed by atoms with E-state index in [0.29, 0.717) is 0 Å². The van der Waals surface area contributed by atoms with Gasteiger partial charge in [0.05, 0.1) is 12.8 Å². The molecule has 7 nitrogen and oxygen atoms in total. The summed E-state index contributed by atoms with van der Waals surface area (Å²) in [5.41, 5.74) is 5.45. The lowest BCUT2D eigenvalue weighted by atomic mass is 10.3. The number of benzene rings is 1. The van der Waals surface area contributed by atoms with Crippen LogP contribution in [-0.2, 0) is 0 Å². The number of nitrogen functional groups attached to an aromatic ring is 1. The fraction of sp³-hybridized carbons (Fsp3) is 0.182. The standard InChI is InChI=1S/C11H10F3N5O2/c1-20-10-18-8(15)17-9(19-10)16-6-4-2-3-5-7(6)21-11(12,13)14/h2-5H,1H3,(H3,15,16,17,18,19). The molecule has 0 radical (unpaired) electrons. The first-order chi connectivity index (χ1) is 9.87. The van der Waals surface area contributed by atoms with E-state index in [1.54, 1.807) is 0 Å². The van der Waals surface area contributed by atoms with Crippen LogP contribution in [-0.4, -0.2) is 28.4 Å². The van der Waals surface area contributed by atoms with Gasteiger partial charge in [-0.3, -0.25) is 0 Å². The zero-order valence-corrected chi connectivity index (χ0v) is 10.7. The lowest BCUT2D eigenvalue weighted by molar-refractivity contribution is -0.274. The van der Waals surface area contributed by atoms with E-state index in [2.05, 4.69) is 25.0 Å². The van der Waals surface area contributed by atoms with Crippen molar-refractivity contribution in [3.63, 3.8) is 0 Å². The zero-order valence-electron chi connectivity index (χ0n) is 10.7. The summed E-state index contributed by atoms with van der Waals surface area (Å²) in [6.07, 6.45) is -4.81. The molecular weight excluding hydrogens is 291 g/mol. The predicted octanol–water partition coefficient (Wildman–Crippen LogP) is 2.10. The molecule has 0 bridgehead atoms. The van der Waals surface area contributed by atoms with Crippen LogP contribution in [0.15, 0.2) is 24.3 Å². The Kier molecular flexibility index (Phi) is 3.96. The first-order valence-electron chi connectivity index (χ1n) is 5.55. The highest BCUT2D eigenvalue weighted by molar-refractivity contribution is 5.62. The van der Waals surface area contributed by atoms with Crippen LogP contribution in [0.4, 0.5) is 30.8 Å². The monoisotopic (exact) mass is 301 g/mol. The minimum absolute atomic E-state index is 0.0162. The van der Waals surface area contributed by atoms with Crippen LogP contribution in [0.3, 0.4) is 0 Å². The number of halogens is 3. The number of methoxy groups -OCH3 is 1. The molecule has 0 amide bonds. The summed E-state index contributed by atoms with van der Waals surface area (Å²) in [5.74, 6) is -0.640. The van der Waals surface area contributed by atoms with E-state index in [1.807, 2.05) is 0 Å². The molecule has 1 aromatic carbocycles. The number of nitrogens with zero attached hydrogens (tertiary/aromatic N) is 3. The molecule has 0 aliphatic heterocycles. The Balaban J connectivity index is 2.29. The molecule has 2 aromatic rings. The molecule has 0 fully saturated rings. The van der Waals surface area contributed by atoms with E-state index in [-0.39, 0.29) is 23.6 Å². The van der Waals surface area contributed by atoms with Crippen LogP contribution in [0.2, 0.25) is 0 Å². The Morgan fingerprint density at radius 2 is 1.86 bits per heavy atom. The van der Waals surface area contributed by atoms with E-state index >= 15 is 0 Å². The molecule has 0 aliphatic rings. The van der Waals surface area contributed by atoms with Crippen LogP contribution >= 0.6 is 0 Å². The highest BCUT2D eigenvalue weighted by Gasteiger charge is 2.32. The zero-order chi connectivity index (χ0) is 15.5. The summed E-state index contributed by atoms with van der Waals surface area (Å²) in [6, 6.07) is 5.37. The molecule has 3 N–H and O–H groups in total. The van der Waals surface area contributed by atoms with Gasteiger partial charge in [-0.1, -0.05) is 12.1 Å². The number of hydrogen-bond donors (Lipinski definition) is 2. The normalized spacial score (nSPS) is 11.0. The Morgan fingerprint density at radius 1 is 1.14 bits per heavy atom. The van der Waals surface area contributed by atoms with Gasteiger partial charge in [-0.15, -0.1) is 13.2 Å². The first-order valence-corrected chi connectivity index (χ1v) is 5.55. The van der Waals surface area contributed by atoms with Gasteiger partial charge < -0.3 is 20.5 Å². The summed E-state index contributed by atoms with van der Waals surface area (Å²) < 4.78 is 45.6. The van der Waals surface area contributed by atoms with Crippen molar-refractivity contribution in [1.29, 1.82) is 0 Å². The van der Waals surface area contributed by atoms with Crippen molar-refractivity contribution in [1.82, 2.24) is 15.0 Å². The smallest absolute Gasteiger partial charge is 0.467 e. The third kappa shape index (κ3) is 4.09. The molecule has 0 saturated heterocycles. The molecule has 21 heavy (non-hydrogen) atoms. The lowest BCUT2D eigenvalue weighted by Gasteiger charge is -2.13. The highest BCUT2D eigenvalue weighted by Crippen LogP contribution is 2.31. The average Bonchev–Trinajstić information content (AvgIpc) is 2.38. The SMILES string of the molecule is COc1nc(N)nc(Nc2ccccc2OC(F)(F)F)n1. The molecule has 0 aliphatic carbocycles. The topological polar surface area (TPSA) is 95.2 Å². The Hall–Kier alpha value is -2.78. The van der Waals surface area contributed by atoms with Crippen LogP contribution < -0.4 is 20.5 Å². The van der Waals surface area contributed by atoms with E-state index in [0.717, 1.165) is 6.07 Å². The number of alkyl halides is 3. The highest BCUT2D eigenvalue weighted by atomic mass is 19.4. The number of ether oxygens (including phenoxy) is 2. The minimum Gasteiger partial charge on any atom is -0.467 e. The van der Waals surface area contributed by atoms with Gasteiger partial charge in [-0.25, -0.2) is 0 Å². The minimum atomic E-state index is -4.81. The second-order valence-corrected chi connectivity index (χ2v) is 3.67. The summed E-state index contributed by atoms with van der Waals surface area (Å²) >= 11 is 0. The molecule has 0 atom stereocenters. The molecule has 0 unspecified atom stereocenters. The number of aromatic nitrogens is 3. The van der Waals surface area contributed by atoms with Gasteiger partial charge in [-0.05, 0) is 12.1 Å². The van der Waals surface area contributed by atoms with Crippen LogP contribution in [0.5, 0.6) is 11.8 Å². The number of para-hydroxylation sites is 2. The second kappa shape index (κ2) is 5.69. The Morgan fingerprint density at radius 3 is 2.52 bits per heavy atom. The number of rotatable bonds is 4. The maximum atomic E-state index is 12.3. The van der Waals surface area contributed by atoms with Gasteiger partial charge in [0.1, 0.15) is 0 Å². The molecular formula is C11H10F3N5O2. The predicted molar refractivity (Wildman–Crippen MR) is 67.2 cm³/mol. The Labute approximate surface area is 116 Å². The number of anilines is 3. The van der Waals surface area contributed by atoms with Crippen LogP contribution in [0.1, 0.15) is 0 Å². The third-order valence-corrected chi connectivity index (χ3v) is 2.17. The van der Waals surface area contributed by atoms with Gasteiger partial charge in [0.2, 0.25) is 11.9 Å². The Bertz CT molecular complexity index is 635. The van der Waals surface area contributed by atoms with Crippen molar-refractivity contribution in [3.8, 4) is 11.8 Å². The van der Waals surface area contributed by atoms with Gasteiger partial charge in [0.25, 0.3) is 0 Å². The third-order valence-electron chi connectivity index (χ3n) is 2.17. The molecule has 1 heterocycles. The quantitative estimate of drug-likeness (QED) is 0.892. The van der Waals surface area contributed by atoms with E-state index in [9.17, 15) is 13.2 Å². The summed E-state index contributed by atoms with van der Waals surface area (Å²) in [5, 5.41) is 2.56. The maximum absolute atomic E-state index is 12.3. The van der Waals surface area contributed by atoms with Gasteiger partial charge in [0, 0.05) is 0 Å². The number of nitrogens with one attached hydrogen (secondary N) is 1. The van der Waals surface area contributed by atoms with Gasteiger partial charge in [0.15, 0.2) is 5.75 Å². The van der Waals surface area contributed by atoms with Crippen molar-refractivity contribution in [3.05, 3.63) is 24.3 Å². The van der Waals surface area contributed by atoms with E-state index in [4.69, 9.17) is 10.5 Å². The fourth-order valence-electron chi connectivity index (χ4n) is 1.42. The summed E-state index contributed by atoms with van der Waals surface area (Å²) in [6.45, 7) is 0. The first kappa shape index (κ1) is 14.6. The molecule has 0 saturated carbocycles. The fourth-order valence-corrected chi connectivity index (χ4v) is 1.42. The summed E-state index contributed by atoms with van der Waals surface area (Å²) in [7, 11) is 1.32. The van der Waals surface area contributed by atoms with Gasteiger partial charge in [-0.2, -0.15) is 15.0 Å². The molecule has 0 spiro atoms. The van der Waals surface area contributed by atoms with Crippen molar-refractivity contribution in [2.24, 2.45) is 0 Å². The van der Waals surface area contributed by atoms with Crippen molar-refractivity contribution in [2.75, 3.05) is 18.2 Å². The number of nitrogens with two attached hydrogens (primary N) is 1. The van der Waals surface area contributed by atoms with Crippen molar-refractivity contribution < 1.29 is 22.6 Å².